The van der Waals surface area contributed by atoms with Crippen LogP contribution in [0, 0.1) is 17.8 Å². The van der Waals surface area contributed by atoms with Gasteiger partial charge in [-0.1, -0.05) is 6.07 Å². The first-order valence-corrected chi connectivity index (χ1v) is 17.6. The van der Waals surface area contributed by atoms with Gasteiger partial charge in [0, 0.05) is 24.1 Å². The summed E-state index contributed by atoms with van der Waals surface area (Å²) in [4.78, 5) is 34.2. The molecule has 0 spiro atoms. The Bertz CT molecular complexity index is 1610. The molecule has 0 heterocycles. The molecule has 15 heteroatoms. The molecular formula is C31H38F2N2O8P2S. The highest BCUT2D eigenvalue weighted by Crippen LogP contribution is 2.49. The normalized spacial score (nSPS) is 27.6. The number of ether oxygens (including phenoxy) is 3. The van der Waals surface area contributed by atoms with Crippen molar-refractivity contribution in [2.75, 3.05) is 19.5 Å². The molecule has 0 saturated heterocycles. The first kappa shape index (κ1) is 34.6. The zero-order valence-corrected chi connectivity index (χ0v) is 28.6. The maximum Gasteiger partial charge on any atom is 0.359 e. The van der Waals surface area contributed by atoms with Crippen LogP contribution < -0.4 is 25.4 Å². The molecule has 2 unspecified atom stereocenters. The van der Waals surface area contributed by atoms with Crippen molar-refractivity contribution in [3.05, 3.63) is 42.0 Å². The molecule has 2 N–H and O–H groups in total. The largest absolute Gasteiger partial charge is 0.496 e. The molecule has 3 aliphatic carbocycles. The monoisotopic (exact) mass is 698 g/mol. The van der Waals surface area contributed by atoms with E-state index in [4.69, 9.17) is 14.2 Å². The summed E-state index contributed by atoms with van der Waals surface area (Å²) in [6, 6.07) is 7.55. The number of fused-ring (bicyclic) bond motifs is 2. The number of carbonyl (C=O) groups excluding carboxylic acids is 3. The first-order chi connectivity index (χ1) is 21.7. The third-order valence-electron chi connectivity index (χ3n) is 9.56. The van der Waals surface area contributed by atoms with Crippen molar-refractivity contribution < 1.29 is 45.8 Å². The lowest BCUT2D eigenvalue weighted by atomic mass is 9.83. The zero-order chi connectivity index (χ0) is 33.4. The van der Waals surface area contributed by atoms with Crippen LogP contribution in [0.2, 0.25) is 0 Å². The Kier molecular flexibility index (Phi) is 10.1. The minimum absolute atomic E-state index is 0.00863. The topological polar surface area (TPSA) is 137 Å². The van der Waals surface area contributed by atoms with Crippen LogP contribution in [0.15, 0.2) is 41.3 Å². The van der Waals surface area contributed by atoms with Gasteiger partial charge in [-0.15, -0.1) is 9.24 Å². The van der Waals surface area contributed by atoms with Gasteiger partial charge in [0.15, 0.2) is 6.29 Å². The molecule has 2 bridgehead atoms. The lowest BCUT2D eigenvalue weighted by Crippen LogP contribution is -2.48. The molecule has 2 amide bonds. The Morgan fingerprint density at radius 2 is 1.74 bits per heavy atom. The van der Waals surface area contributed by atoms with E-state index in [2.05, 4.69) is 19.9 Å². The van der Waals surface area contributed by atoms with Gasteiger partial charge < -0.3 is 29.6 Å². The van der Waals surface area contributed by atoms with E-state index in [1.54, 1.807) is 12.1 Å². The van der Waals surface area contributed by atoms with E-state index >= 15 is 0 Å². The second-order valence-electron chi connectivity index (χ2n) is 12.2. The Morgan fingerprint density at radius 3 is 2.37 bits per heavy atom. The fraction of sp³-hybridized carbons (Fsp3) is 0.516. The molecule has 0 radical (unpaired) electrons. The fourth-order valence-corrected chi connectivity index (χ4v) is 8.57. The van der Waals surface area contributed by atoms with E-state index in [9.17, 15) is 31.6 Å². The summed E-state index contributed by atoms with van der Waals surface area (Å²) in [7, 11) is 1.61. The van der Waals surface area contributed by atoms with Crippen molar-refractivity contribution in [3.8, 4) is 11.5 Å². The summed E-state index contributed by atoms with van der Waals surface area (Å²) in [5, 5.41) is 6.43. The van der Waals surface area contributed by atoms with E-state index < -0.39 is 49.1 Å². The molecule has 250 valence electrons. The molecule has 0 aliphatic heterocycles. The average molecular weight is 699 g/mol. The number of amides is 2. The smallest absolute Gasteiger partial charge is 0.359 e. The number of methoxy groups -OCH3 is 2. The van der Waals surface area contributed by atoms with Gasteiger partial charge in [0.2, 0.25) is 15.7 Å². The number of aldehydes is 1. The van der Waals surface area contributed by atoms with E-state index in [1.807, 2.05) is 0 Å². The van der Waals surface area contributed by atoms with Crippen LogP contribution in [0.1, 0.15) is 55.3 Å². The van der Waals surface area contributed by atoms with Crippen LogP contribution in [0.25, 0.3) is 0 Å². The SMILES string of the molecule is COc1cc(P)c(OC2CCC(C=O)(OC)CC2)cc1C(=O)N[C@H]1[C@H]2CC[C@H](C2)[C@H]1C(=O)Nc1cccc(S(=O)(=O)C(F)(F)P)c1. The predicted molar refractivity (Wildman–Crippen MR) is 174 cm³/mol. The lowest BCUT2D eigenvalue weighted by molar-refractivity contribution is -0.133. The number of alkyl halides is 2. The number of nitrogens with one attached hydrogen (secondary N) is 2. The van der Waals surface area contributed by atoms with Gasteiger partial charge in [0.25, 0.3) is 5.91 Å². The van der Waals surface area contributed by atoms with E-state index in [-0.39, 0.29) is 29.2 Å². The molecule has 5 rings (SSSR count). The minimum Gasteiger partial charge on any atom is -0.496 e. The van der Waals surface area contributed by atoms with E-state index in [0.29, 0.717) is 42.5 Å². The Hall–Kier alpha value is -2.72. The van der Waals surface area contributed by atoms with Crippen molar-refractivity contribution in [2.45, 2.75) is 72.6 Å². The van der Waals surface area contributed by atoms with Crippen molar-refractivity contribution in [2.24, 2.45) is 17.8 Å². The molecular weight excluding hydrogens is 660 g/mol. The summed E-state index contributed by atoms with van der Waals surface area (Å²) in [5.74, 6) is -0.644. The quantitative estimate of drug-likeness (QED) is 0.265. The minimum atomic E-state index is -4.97. The molecule has 3 saturated carbocycles. The van der Waals surface area contributed by atoms with Crippen LogP contribution in [0.5, 0.6) is 11.5 Å². The van der Waals surface area contributed by atoms with E-state index in [1.165, 1.54) is 26.4 Å². The first-order valence-electron chi connectivity index (χ1n) is 15.0. The second-order valence-corrected chi connectivity index (χ2v) is 16.0. The fourth-order valence-electron chi connectivity index (χ4n) is 7.00. The number of halogens is 2. The molecule has 0 aromatic heterocycles. The van der Waals surface area contributed by atoms with Crippen molar-refractivity contribution >= 4 is 57.4 Å². The number of hydrogen-bond acceptors (Lipinski definition) is 8. The van der Waals surface area contributed by atoms with Crippen LogP contribution in [-0.4, -0.2) is 63.5 Å². The van der Waals surface area contributed by atoms with Crippen molar-refractivity contribution in [1.82, 2.24) is 5.32 Å². The predicted octanol–water partition coefficient (Wildman–Crippen LogP) is 4.08. The average Bonchev–Trinajstić information content (AvgIpc) is 3.64. The van der Waals surface area contributed by atoms with Gasteiger partial charge in [-0.25, -0.2) is 8.42 Å². The molecule has 3 fully saturated rings. The highest BCUT2D eigenvalue weighted by Gasteiger charge is 2.51. The number of hydrogen-bond donors (Lipinski definition) is 2. The van der Waals surface area contributed by atoms with Crippen molar-refractivity contribution in [1.29, 1.82) is 0 Å². The molecule has 3 aliphatic rings. The van der Waals surface area contributed by atoms with Gasteiger partial charge >= 0.3 is 5.00 Å². The number of carbonyl (C=O) groups is 3. The maximum absolute atomic E-state index is 13.8. The summed E-state index contributed by atoms with van der Waals surface area (Å²) < 4.78 is 69.2. The van der Waals surface area contributed by atoms with Gasteiger partial charge in [-0.2, -0.15) is 8.78 Å². The van der Waals surface area contributed by atoms with Gasteiger partial charge in [0.1, 0.15) is 17.1 Å². The molecule has 2 aromatic rings. The number of benzene rings is 2. The highest BCUT2D eigenvalue weighted by atomic mass is 32.2. The summed E-state index contributed by atoms with van der Waals surface area (Å²) in [6.45, 7) is 0. The van der Waals surface area contributed by atoms with Crippen LogP contribution in [0.4, 0.5) is 14.5 Å². The second kappa shape index (κ2) is 13.4. The molecule has 10 nitrogen and oxygen atoms in total. The van der Waals surface area contributed by atoms with Gasteiger partial charge in [0.05, 0.1) is 29.6 Å². The number of rotatable bonds is 11. The molecule has 6 atom stereocenters. The standard InChI is InChI=1S/C31H38F2N2O8P2S/c1-41-23-15-25(44)24(43-20-8-10-30(16-36,42-2)11-9-20)14-22(23)28(37)35-27-18-7-6-17(12-18)26(27)29(38)34-19-4-3-5-21(13-19)46(39,40)31(32,33)45/h3-5,13-18,20,26-27H,6-12,44-45H2,1-2H3,(H,34,38)(H,35,37)/t17-,18+,20?,26-,27+,30?/m1/s1. The summed E-state index contributed by atoms with van der Waals surface area (Å²) in [6.07, 6.45) is 5.26. The van der Waals surface area contributed by atoms with Gasteiger partial charge in [-0.05, 0) is 96.4 Å². The number of anilines is 1. The Balaban J connectivity index is 1.32. The zero-order valence-electron chi connectivity index (χ0n) is 25.5. The molecule has 2 aromatic carbocycles. The summed E-state index contributed by atoms with van der Waals surface area (Å²) in [5.41, 5.74) is -0.509. The van der Waals surface area contributed by atoms with Crippen LogP contribution >= 0.6 is 18.5 Å². The lowest BCUT2D eigenvalue weighted by Gasteiger charge is -2.35. The van der Waals surface area contributed by atoms with Gasteiger partial charge in [-0.3, -0.25) is 9.59 Å². The Labute approximate surface area is 271 Å². The molecule has 46 heavy (non-hydrogen) atoms. The van der Waals surface area contributed by atoms with E-state index in [0.717, 1.165) is 46.9 Å². The third kappa shape index (κ3) is 6.80. The summed E-state index contributed by atoms with van der Waals surface area (Å²) >= 11 is 0. The number of sulfone groups is 1. The maximum atomic E-state index is 13.8. The third-order valence-corrected chi connectivity index (χ3v) is 12.5. The highest BCUT2D eigenvalue weighted by molar-refractivity contribution is 7.96. The van der Waals surface area contributed by atoms with Crippen molar-refractivity contribution in [3.63, 3.8) is 0 Å². The Morgan fingerprint density at radius 1 is 1.04 bits per heavy atom. The van der Waals surface area contributed by atoms with Crippen LogP contribution in [-0.2, 0) is 24.2 Å². The van der Waals surface area contributed by atoms with Crippen LogP contribution in [0.3, 0.4) is 0 Å².